The number of oxime groups is 1. The van der Waals surface area contributed by atoms with E-state index in [9.17, 15) is 4.79 Å². The van der Waals surface area contributed by atoms with E-state index in [1.807, 2.05) is 53.4 Å². The molecule has 2 aromatic carbocycles. The van der Waals surface area contributed by atoms with E-state index in [1.165, 1.54) is 0 Å². The molecule has 1 unspecified atom stereocenters. The second-order valence-electron chi connectivity index (χ2n) is 8.33. The Kier molecular flexibility index (Phi) is 5.94. The highest BCUT2D eigenvalue weighted by molar-refractivity contribution is 6.01. The smallest absolute Gasteiger partial charge is 0.223 e. The quantitative estimate of drug-likeness (QED) is 0.749. The van der Waals surface area contributed by atoms with E-state index in [2.05, 4.69) is 38.1 Å². The molecule has 0 radical (unpaired) electrons. The molecular weight excluding hydrogens is 336 g/mol. The Bertz CT molecular complexity index is 779. The van der Waals surface area contributed by atoms with Crippen LogP contribution in [0.25, 0.3) is 0 Å². The molecule has 1 amide bonds. The van der Waals surface area contributed by atoms with E-state index in [0.29, 0.717) is 19.5 Å². The van der Waals surface area contributed by atoms with E-state index >= 15 is 0 Å². The van der Waals surface area contributed by atoms with Crippen molar-refractivity contribution in [3.05, 3.63) is 71.8 Å². The molecule has 0 N–H and O–H groups in total. The summed E-state index contributed by atoms with van der Waals surface area (Å²) in [4.78, 5) is 20.5. The van der Waals surface area contributed by atoms with Crippen molar-refractivity contribution in [1.82, 2.24) is 4.90 Å². The van der Waals surface area contributed by atoms with E-state index in [-0.39, 0.29) is 17.4 Å². The van der Waals surface area contributed by atoms with E-state index in [1.54, 1.807) is 0 Å². The number of hydrogen-bond donors (Lipinski definition) is 0. The van der Waals surface area contributed by atoms with Crippen LogP contribution in [0.4, 0.5) is 0 Å². The van der Waals surface area contributed by atoms with E-state index in [0.717, 1.165) is 23.3 Å². The molecule has 0 aromatic heterocycles. The maximum absolute atomic E-state index is 12.9. The van der Waals surface area contributed by atoms with Crippen molar-refractivity contribution in [2.75, 3.05) is 6.54 Å². The van der Waals surface area contributed by atoms with Gasteiger partial charge in [0.25, 0.3) is 0 Å². The molecule has 27 heavy (non-hydrogen) atoms. The summed E-state index contributed by atoms with van der Waals surface area (Å²) in [5.74, 6) is 0.156. The molecule has 0 fully saturated rings. The number of amides is 1. The molecule has 1 aliphatic heterocycles. The first-order valence-corrected chi connectivity index (χ1v) is 9.50. The topological polar surface area (TPSA) is 41.9 Å². The Hall–Kier alpha value is -2.62. The van der Waals surface area contributed by atoms with Gasteiger partial charge in [0.05, 0.1) is 12.3 Å². The predicted molar refractivity (Wildman–Crippen MR) is 108 cm³/mol. The molecule has 0 aliphatic carbocycles. The summed E-state index contributed by atoms with van der Waals surface area (Å²) in [5, 5.41) is 4.26. The van der Waals surface area contributed by atoms with Gasteiger partial charge in [-0.1, -0.05) is 86.6 Å². The number of hydrogen-bond acceptors (Lipinski definition) is 3. The third kappa shape index (κ3) is 5.68. The lowest BCUT2D eigenvalue weighted by Gasteiger charge is -2.28. The minimum atomic E-state index is -0.104. The first-order chi connectivity index (χ1) is 12.9. The maximum Gasteiger partial charge on any atom is 0.223 e. The molecular formula is C23H28N2O2. The van der Waals surface area contributed by atoms with Crippen molar-refractivity contribution in [3.63, 3.8) is 0 Å². The fourth-order valence-electron chi connectivity index (χ4n) is 3.20. The number of nitrogens with zero attached hydrogens (tertiary/aromatic N) is 2. The van der Waals surface area contributed by atoms with Gasteiger partial charge in [-0.05, 0) is 16.5 Å². The lowest BCUT2D eigenvalue weighted by atomic mass is 9.91. The zero-order valence-corrected chi connectivity index (χ0v) is 16.4. The lowest BCUT2D eigenvalue weighted by Crippen LogP contribution is -2.38. The Balaban J connectivity index is 1.67. The largest absolute Gasteiger partial charge is 0.390 e. The predicted octanol–water partition coefficient (Wildman–Crippen LogP) is 4.64. The lowest BCUT2D eigenvalue weighted by molar-refractivity contribution is -0.135. The van der Waals surface area contributed by atoms with Crippen molar-refractivity contribution in [2.24, 2.45) is 10.6 Å². The van der Waals surface area contributed by atoms with Crippen LogP contribution in [-0.4, -0.2) is 29.2 Å². The van der Waals surface area contributed by atoms with Gasteiger partial charge in [-0.25, -0.2) is 0 Å². The highest BCUT2D eigenvalue weighted by Gasteiger charge is 2.28. The Morgan fingerprint density at radius 1 is 1.07 bits per heavy atom. The molecule has 3 rings (SSSR count). The number of carbonyl (C=O) groups is 1. The molecule has 4 heteroatoms. The SMILES string of the molecule is CC(C)(C)CC(=O)N(Cc1ccccc1)CC1CC(c2ccccc2)=NO1. The molecule has 0 saturated heterocycles. The van der Waals surface area contributed by atoms with Crippen LogP contribution in [0.2, 0.25) is 0 Å². The van der Waals surface area contributed by atoms with Crippen LogP contribution in [0.3, 0.4) is 0 Å². The summed E-state index contributed by atoms with van der Waals surface area (Å²) in [6.45, 7) is 7.41. The van der Waals surface area contributed by atoms with Gasteiger partial charge in [-0.3, -0.25) is 4.79 Å². The molecule has 142 valence electrons. The van der Waals surface area contributed by atoms with Gasteiger partial charge in [-0.15, -0.1) is 0 Å². The minimum absolute atomic E-state index is 0.0474. The van der Waals surface area contributed by atoms with Gasteiger partial charge in [0.1, 0.15) is 0 Å². The Morgan fingerprint density at radius 2 is 1.70 bits per heavy atom. The van der Waals surface area contributed by atoms with Gasteiger partial charge < -0.3 is 9.74 Å². The second kappa shape index (κ2) is 8.38. The van der Waals surface area contributed by atoms with Crippen molar-refractivity contribution in [1.29, 1.82) is 0 Å². The summed E-state index contributed by atoms with van der Waals surface area (Å²) < 4.78 is 0. The molecule has 2 aromatic rings. The van der Waals surface area contributed by atoms with Gasteiger partial charge in [0.2, 0.25) is 5.91 Å². The molecule has 1 aliphatic rings. The summed E-state index contributed by atoms with van der Waals surface area (Å²) in [6.07, 6.45) is 1.13. The fraction of sp³-hybridized carbons (Fsp3) is 0.391. The molecule has 4 nitrogen and oxygen atoms in total. The molecule has 1 heterocycles. The van der Waals surface area contributed by atoms with Gasteiger partial charge >= 0.3 is 0 Å². The standard InChI is InChI=1S/C23H28N2O2/c1-23(2,3)15-22(26)25(16-18-10-6-4-7-11-18)17-20-14-21(24-27-20)19-12-8-5-9-13-19/h4-13,20H,14-17H2,1-3H3. The number of benzene rings is 2. The van der Waals surface area contributed by atoms with Crippen molar-refractivity contribution in [3.8, 4) is 0 Å². The highest BCUT2D eigenvalue weighted by atomic mass is 16.6. The van der Waals surface area contributed by atoms with Crippen LogP contribution >= 0.6 is 0 Å². The Morgan fingerprint density at radius 3 is 2.33 bits per heavy atom. The van der Waals surface area contributed by atoms with Crippen molar-refractivity contribution < 1.29 is 9.63 Å². The van der Waals surface area contributed by atoms with E-state index in [4.69, 9.17) is 4.84 Å². The zero-order chi connectivity index (χ0) is 19.3. The van der Waals surface area contributed by atoms with Crippen LogP contribution in [-0.2, 0) is 16.2 Å². The molecule has 0 bridgehead atoms. The Labute approximate surface area is 161 Å². The summed E-state index contributed by atoms with van der Waals surface area (Å²) in [5.41, 5.74) is 3.11. The third-order valence-corrected chi connectivity index (χ3v) is 4.51. The maximum atomic E-state index is 12.9. The highest BCUT2D eigenvalue weighted by Crippen LogP contribution is 2.23. The fourth-order valence-corrected chi connectivity index (χ4v) is 3.20. The monoisotopic (exact) mass is 364 g/mol. The number of carbonyl (C=O) groups excluding carboxylic acids is 1. The summed E-state index contributed by atoms with van der Waals surface area (Å²) in [7, 11) is 0. The second-order valence-corrected chi connectivity index (χ2v) is 8.33. The third-order valence-electron chi connectivity index (χ3n) is 4.51. The molecule has 0 spiro atoms. The van der Waals surface area contributed by atoms with Crippen LogP contribution in [0.15, 0.2) is 65.8 Å². The van der Waals surface area contributed by atoms with Crippen molar-refractivity contribution >= 4 is 11.6 Å². The normalized spacial score (nSPS) is 16.6. The molecule has 0 saturated carbocycles. The summed E-state index contributed by atoms with van der Waals surface area (Å²) in [6, 6.07) is 20.2. The van der Waals surface area contributed by atoms with Crippen molar-refractivity contribution in [2.45, 2.75) is 46.3 Å². The van der Waals surface area contributed by atoms with Crippen LogP contribution < -0.4 is 0 Å². The van der Waals surface area contributed by atoms with Crippen LogP contribution in [0, 0.1) is 5.41 Å². The zero-order valence-electron chi connectivity index (χ0n) is 16.4. The summed E-state index contributed by atoms with van der Waals surface area (Å²) >= 11 is 0. The van der Waals surface area contributed by atoms with Crippen LogP contribution in [0.5, 0.6) is 0 Å². The van der Waals surface area contributed by atoms with Crippen LogP contribution in [0.1, 0.15) is 44.7 Å². The van der Waals surface area contributed by atoms with E-state index < -0.39 is 0 Å². The first-order valence-electron chi connectivity index (χ1n) is 9.50. The molecule has 1 atom stereocenters. The average Bonchev–Trinajstić information content (AvgIpc) is 3.10. The first kappa shape index (κ1) is 19.2. The van der Waals surface area contributed by atoms with Gasteiger partial charge in [0.15, 0.2) is 6.10 Å². The van der Waals surface area contributed by atoms with Gasteiger partial charge in [-0.2, -0.15) is 0 Å². The minimum Gasteiger partial charge on any atom is -0.390 e. The van der Waals surface area contributed by atoms with Gasteiger partial charge in [0, 0.05) is 19.4 Å². The number of rotatable bonds is 6. The average molecular weight is 364 g/mol.